The van der Waals surface area contributed by atoms with Gasteiger partial charge in [-0.15, -0.1) is 5.10 Å². The fourth-order valence-corrected chi connectivity index (χ4v) is 3.26. The number of nitrogens with one attached hydrogen (secondary N) is 1. The van der Waals surface area contributed by atoms with Crippen molar-refractivity contribution in [3.05, 3.63) is 47.6 Å². The molecule has 0 atom stereocenters. The molecule has 1 aliphatic rings. The normalized spacial score (nSPS) is 14.8. The van der Waals surface area contributed by atoms with Crippen molar-refractivity contribution in [1.82, 2.24) is 24.9 Å². The van der Waals surface area contributed by atoms with E-state index in [1.54, 1.807) is 6.07 Å². The van der Waals surface area contributed by atoms with Gasteiger partial charge in [-0.1, -0.05) is 11.6 Å². The van der Waals surface area contributed by atoms with Crippen LogP contribution in [0.3, 0.4) is 0 Å². The molecule has 0 aliphatic heterocycles. The number of nitrogens with zero attached hydrogens (tertiary/aromatic N) is 4. The number of halogens is 3. The Kier molecular flexibility index (Phi) is 5.08. The van der Waals surface area contributed by atoms with E-state index in [1.807, 2.05) is 0 Å². The van der Waals surface area contributed by atoms with E-state index in [0.717, 1.165) is 25.3 Å². The van der Waals surface area contributed by atoms with Crippen LogP contribution >= 0.6 is 0 Å². The molecule has 1 aliphatic carbocycles. The van der Waals surface area contributed by atoms with Crippen molar-refractivity contribution in [3.8, 4) is 11.5 Å². The summed E-state index contributed by atoms with van der Waals surface area (Å²) < 4.78 is 46.2. The molecule has 3 aromatic rings. The second kappa shape index (κ2) is 7.69. The van der Waals surface area contributed by atoms with E-state index in [9.17, 15) is 18.0 Å². The number of aromatic nitrogens is 4. The molecule has 0 radical (unpaired) electrons. The molecule has 0 aromatic carbocycles. The summed E-state index contributed by atoms with van der Waals surface area (Å²) in [7, 11) is 0. The second-order valence-electron chi connectivity index (χ2n) is 6.76. The fraction of sp³-hybridized carbons (Fsp3) is 0.368. The van der Waals surface area contributed by atoms with Crippen LogP contribution in [0.1, 0.15) is 48.4 Å². The second-order valence-corrected chi connectivity index (χ2v) is 6.76. The third-order valence-corrected chi connectivity index (χ3v) is 4.70. The molecule has 0 saturated carbocycles. The number of allylic oxidation sites excluding steroid dienone is 1. The number of hydrogen-bond acceptors (Lipinski definition) is 5. The van der Waals surface area contributed by atoms with Crippen LogP contribution < -0.4 is 5.32 Å². The first-order valence-electron chi connectivity index (χ1n) is 9.27. The van der Waals surface area contributed by atoms with Crippen molar-refractivity contribution in [2.75, 3.05) is 6.54 Å². The molecule has 0 unspecified atom stereocenters. The van der Waals surface area contributed by atoms with Crippen LogP contribution in [0.25, 0.3) is 17.2 Å². The Labute approximate surface area is 163 Å². The SMILES string of the molecule is O=C(NCCC1=CCCCC1)c1nc2nc(-c3ccco3)cc(C(F)(F)F)n2n1. The Morgan fingerprint density at radius 1 is 1.28 bits per heavy atom. The summed E-state index contributed by atoms with van der Waals surface area (Å²) in [6.07, 6.45) is 3.87. The van der Waals surface area contributed by atoms with Gasteiger partial charge in [0, 0.05) is 6.54 Å². The van der Waals surface area contributed by atoms with Crippen LogP contribution in [0.2, 0.25) is 0 Å². The minimum atomic E-state index is -4.71. The molecule has 7 nitrogen and oxygen atoms in total. The van der Waals surface area contributed by atoms with Gasteiger partial charge in [0.2, 0.25) is 5.82 Å². The highest BCUT2D eigenvalue weighted by atomic mass is 19.4. The first-order chi connectivity index (χ1) is 13.9. The zero-order valence-corrected chi connectivity index (χ0v) is 15.4. The number of furan rings is 1. The minimum Gasteiger partial charge on any atom is -0.463 e. The van der Waals surface area contributed by atoms with Gasteiger partial charge in [-0.2, -0.15) is 22.7 Å². The molecule has 29 heavy (non-hydrogen) atoms. The number of alkyl halides is 3. The average molecular weight is 405 g/mol. The summed E-state index contributed by atoms with van der Waals surface area (Å²) in [5.41, 5.74) is 0.148. The maximum atomic E-state index is 13.5. The molecule has 0 bridgehead atoms. The number of carbonyl (C=O) groups is 1. The summed E-state index contributed by atoms with van der Waals surface area (Å²) >= 11 is 0. The van der Waals surface area contributed by atoms with Gasteiger partial charge in [0.05, 0.1) is 6.26 Å². The first-order valence-corrected chi connectivity index (χ1v) is 9.27. The molecular weight excluding hydrogens is 387 g/mol. The van der Waals surface area contributed by atoms with Crippen molar-refractivity contribution in [1.29, 1.82) is 0 Å². The number of carbonyl (C=O) groups excluding carboxylic acids is 1. The van der Waals surface area contributed by atoms with Gasteiger partial charge in [0.1, 0.15) is 5.69 Å². The third kappa shape index (κ3) is 4.15. The Morgan fingerprint density at radius 2 is 2.14 bits per heavy atom. The Hall–Kier alpha value is -3.17. The molecule has 3 aromatic heterocycles. The highest BCUT2D eigenvalue weighted by Gasteiger charge is 2.36. The van der Waals surface area contributed by atoms with Crippen LogP contribution in [0.4, 0.5) is 13.2 Å². The van der Waals surface area contributed by atoms with Crippen LogP contribution in [0.5, 0.6) is 0 Å². The number of rotatable bonds is 5. The molecule has 10 heteroatoms. The average Bonchev–Trinajstić information content (AvgIpc) is 3.37. The van der Waals surface area contributed by atoms with Crippen molar-refractivity contribution >= 4 is 11.7 Å². The summed E-state index contributed by atoms with van der Waals surface area (Å²) in [6.45, 7) is 0.372. The van der Waals surface area contributed by atoms with E-state index in [1.165, 1.54) is 24.3 Å². The van der Waals surface area contributed by atoms with Crippen molar-refractivity contribution in [2.45, 2.75) is 38.3 Å². The zero-order valence-electron chi connectivity index (χ0n) is 15.4. The molecular formula is C19H18F3N5O2. The van der Waals surface area contributed by atoms with Crippen molar-refractivity contribution < 1.29 is 22.4 Å². The Morgan fingerprint density at radius 3 is 2.83 bits per heavy atom. The molecule has 0 spiro atoms. The van der Waals surface area contributed by atoms with Gasteiger partial charge in [-0.3, -0.25) is 4.79 Å². The Bertz CT molecular complexity index is 1050. The summed E-state index contributed by atoms with van der Waals surface area (Å²) in [5, 5.41) is 6.39. The van der Waals surface area contributed by atoms with Gasteiger partial charge < -0.3 is 9.73 Å². The van der Waals surface area contributed by atoms with E-state index in [-0.39, 0.29) is 23.1 Å². The van der Waals surface area contributed by atoms with Crippen LogP contribution in [0.15, 0.2) is 40.5 Å². The van der Waals surface area contributed by atoms with Gasteiger partial charge in [0.15, 0.2) is 11.5 Å². The maximum Gasteiger partial charge on any atom is 0.433 e. The molecule has 3 heterocycles. The quantitative estimate of drug-likeness (QED) is 0.648. The van der Waals surface area contributed by atoms with Gasteiger partial charge in [-0.05, 0) is 50.3 Å². The van der Waals surface area contributed by atoms with Crippen LogP contribution in [0, 0.1) is 0 Å². The lowest BCUT2D eigenvalue weighted by molar-refractivity contribution is -0.142. The summed E-state index contributed by atoms with van der Waals surface area (Å²) in [4.78, 5) is 20.3. The smallest absolute Gasteiger partial charge is 0.433 e. The van der Waals surface area contributed by atoms with E-state index in [2.05, 4.69) is 26.5 Å². The van der Waals surface area contributed by atoms with Crippen molar-refractivity contribution in [2.24, 2.45) is 0 Å². The lowest BCUT2D eigenvalue weighted by Crippen LogP contribution is -2.26. The number of amides is 1. The van der Waals surface area contributed by atoms with Crippen molar-refractivity contribution in [3.63, 3.8) is 0 Å². The third-order valence-electron chi connectivity index (χ3n) is 4.70. The molecule has 1 amide bonds. The molecule has 4 rings (SSSR count). The predicted molar refractivity (Wildman–Crippen MR) is 97.0 cm³/mol. The Balaban J connectivity index is 1.59. The minimum absolute atomic E-state index is 0.0431. The van der Waals surface area contributed by atoms with Gasteiger partial charge in [0.25, 0.3) is 11.7 Å². The van der Waals surface area contributed by atoms with Crippen LogP contribution in [-0.4, -0.2) is 32.0 Å². The van der Waals surface area contributed by atoms with E-state index in [0.29, 0.717) is 17.5 Å². The van der Waals surface area contributed by atoms with Gasteiger partial charge >= 0.3 is 6.18 Å². The molecule has 0 saturated heterocycles. The number of fused-ring (bicyclic) bond motifs is 1. The lowest BCUT2D eigenvalue weighted by atomic mass is 9.97. The predicted octanol–water partition coefficient (Wildman–Crippen LogP) is 4.02. The van der Waals surface area contributed by atoms with Gasteiger partial charge in [-0.25, -0.2) is 4.98 Å². The largest absolute Gasteiger partial charge is 0.463 e. The highest BCUT2D eigenvalue weighted by molar-refractivity contribution is 5.90. The van der Waals surface area contributed by atoms with E-state index < -0.39 is 17.8 Å². The first kappa shape index (κ1) is 19.2. The van der Waals surface area contributed by atoms with E-state index in [4.69, 9.17) is 4.42 Å². The van der Waals surface area contributed by atoms with Crippen LogP contribution in [-0.2, 0) is 6.18 Å². The highest BCUT2D eigenvalue weighted by Crippen LogP contribution is 2.32. The van der Waals surface area contributed by atoms with E-state index >= 15 is 0 Å². The standard InChI is InChI=1S/C19H18F3N5O2/c20-19(21,22)15-11-13(14-7-4-10-29-14)24-18-25-16(26-27(15)18)17(28)23-9-8-12-5-2-1-3-6-12/h4-5,7,10-11H,1-3,6,8-9H2,(H,23,28). The summed E-state index contributed by atoms with van der Waals surface area (Å²) in [6, 6.07) is 3.85. The maximum absolute atomic E-state index is 13.5. The molecule has 1 N–H and O–H groups in total. The molecule has 0 fully saturated rings. The topological polar surface area (TPSA) is 85.3 Å². The lowest BCUT2D eigenvalue weighted by Gasteiger charge is -2.12. The summed E-state index contributed by atoms with van der Waals surface area (Å²) in [5.74, 6) is -1.17. The molecule has 152 valence electrons. The monoisotopic (exact) mass is 405 g/mol. The fourth-order valence-electron chi connectivity index (χ4n) is 3.26. The number of hydrogen-bond donors (Lipinski definition) is 1. The zero-order chi connectivity index (χ0) is 20.4.